The number of hydrogen-bond donors (Lipinski definition) is 2. The number of carbonyl (C=O) groups is 1. The van der Waals surface area contributed by atoms with Crippen molar-refractivity contribution in [1.29, 1.82) is 0 Å². The van der Waals surface area contributed by atoms with E-state index in [1.165, 1.54) is 11.3 Å². The van der Waals surface area contributed by atoms with Crippen LogP contribution in [-0.4, -0.2) is 65.4 Å². The van der Waals surface area contributed by atoms with Gasteiger partial charge in [0.05, 0.1) is 0 Å². The standard InChI is InChI=1S/C21H27N7O2S/c22-20-19(25-30-26-20)17-15-31-21(24-17)28(12-4-11-27-13-9-23-10-14-27)18(29)8-7-16-5-2-1-3-6-16/h1-3,5-6,15,23H,4,7-14H2,(H2,22,26). The monoisotopic (exact) mass is 441 g/mol. The molecule has 10 heteroatoms. The van der Waals surface area contributed by atoms with Gasteiger partial charge in [0.15, 0.2) is 16.6 Å². The SMILES string of the molecule is Nc1nonc1-c1csc(N(CCCN2CCNCC2)C(=O)CCc2ccccc2)n1. The molecule has 0 spiro atoms. The first-order chi connectivity index (χ1) is 15.2. The van der Waals surface area contributed by atoms with Crippen molar-refractivity contribution in [2.24, 2.45) is 0 Å². The first kappa shape index (κ1) is 21.4. The van der Waals surface area contributed by atoms with Crippen molar-refractivity contribution in [2.75, 3.05) is 49.9 Å². The number of nitrogens with two attached hydrogens (primary N) is 1. The number of amides is 1. The van der Waals surface area contributed by atoms with Gasteiger partial charge in [-0.25, -0.2) is 9.61 Å². The molecule has 0 bridgehead atoms. The third-order valence-corrected chi connectivity index (χ3v) is 6.18. The summed E-state index contributed by atoms with van der Waals surface area (Å²) in [5, 5.41) is 13.3. The maximum atomic E-state index is 13.2. The van der Waals surface area contributed by atoms with Gasteiger partial charge in [-0.2, -0.15) is 0 Å². The number of piperazine rings is 1. The van der Waals surface area contributed by atoms with Gasteiger partial charge in [0.2, 0.25) is 5.91 Å². The van der Waals surface area contributed by atoms with Crippen LogP contribution >= 0.6 is 11.3 Å². The highest BCUT2D eigenvalue weighted by Gasteiger charge is 2.22. The average molecular weight is 442 g/mol. The smallest absolute Gasteiger partial charge is 0.229 e. The molecule has 0 radical (unpaired) electrons. The van der Waals surface area contributed by atoms with E-state index in [-0.39, 0.29) is 11.7 Å². The van der Waals surface area contributed by atoms with Crippen molar-refractivity contribution in [3.8, 4) is 11.4 Å². The van der Waals surface area contributed by atoms with Crippen LogP contribution in [0.5, 0.6) is 0 Å². The Labute approximate surface area is 185 Å². The van der Waals surface area contributed by atoms with E-state index in [0.717, 1.165) is 44.7 Å². The minimum absolute atomic E-state index is 0.0660. The summed E-state index contributed by atoms with van der Waals surface area (Å²) >= 11 is 1.41. The third-order valence-electron chi connectivity index (χ3n) is 5.32. The topological polar surface area (TPSA) is 113 Å². The van der Waals surface area contributed by atoms with Crippen molar-refractivity contribution in [3.05, 3.63) is 41.3 Å². The van der Waals surface area contributed by atoms with Crippen LogP contribution in [0.2, 0.25) is 0 Å². The number of nitrogens with one attached hydrogen (secondary N) is 1. The summed E-state index contributed by atoms with van der Waals surface area (Å²) in [6.45, 7) is 5.70. The molecule has 1 saturated heterocycles. The molecule has 1 amide bonds. The number of nitrogen functional groups attached to an aromatic ring is 1. The lowest BCUT2D eigenvalue weighted by molar-refractivity contribution is -0.118. The number of rotatable bonds is 9. The molecular weight excluding hydrogens is 414 g/mol. The van der Waals surface area contributed by atoms with Crippen LogP contribution in [0.25, 0.3) is 11.4 Å². The van der Waals surface area contributed by atoms with E-state index in [1.807, 2.05) is 35.7 Å². The zero-order chi connectivity index (χ0) is 21.5. The molecule has 3 N–H and O–H groups in total. The van der Waals surface area contributed by atoms with Crippen LogP contribution in [0.3, 0.4) is 0 Å². The number of carbonyl (C=O) groups excluding carboxylic acids is 1. The minimum atomic E-state index is 0.0660. The summed E-state index contributed by atoms with van der Waals surface area (Å²) in [6.07, 6.45) is 2.02. The molecule has 31 heavy (non-hydrogen) atoms. The molecule has 9 nitrogen and oxygen atoms in total. The molecule has 1 aliphatic heterocycles. The van der Waals surface area contributed by atoms with Crippen molar-refractivity contribution in [1.82, 2.24) is 25.5 Å². The molecule has 1 fully saturated rings. The molecule has 0 atom stereocenters. The van der Waals surface area contributed by atoms with Crippen LogP contribution in [0, 0.1) is 0 Å². The van der Waals surface area contributed by atoms with Crippen molar-refractivity contribution < 1.29 is 9.42 Å². The number of anilines is 2. The molecule has 4 rings (SSSR count). The number of thiazole rings is 1. The van der Waals surface area contributed by atoms with Crippen LogP contribution in [-0.2, 0) is 11.2 Å². The highest BCUT2D eigenvalue weighted by Crippen LogP contribution is 2.29. The molecule has 0 aliphatic carbocycles. The normalized spacial score (nSPS) is 14.6. The molecule has 0 unspecified atom stereocenters. The van der Waals surface area contributed by atoms with E-state index in [9.17, 15) is 4.79 Å². The Bertz CT molecular complexity index is 969. The van der Waals surface area contributed by atoms with Crippen molar-refractivity contribution in [2.45, 2.75) is 19.3 Å². The van der Waals surface area contributed by atoms with Gasteiger partial charge in [-0.3, -0.25) is 9.69 Å². The predicted octanol–water partition coefficient (Wildman–Crippen LogP) is 2.04. The van der Waals surface area contributed by atoms with Crippen molar-refractivity contribution >= 4 is 28.2 Å². The number of benzene rings is 1. The Morgan fingerprint density at radius 3 is 2.77 bits per heavy atom. The largest absolute Gasteiger partial charge is 0.379 e. The van der Waals surface area contributed by atoms with Crippen LogP contribution in [0.4, 0.5) is 10.9 Å². The van der Waals surface area contributed by atoms with E-state index >= 15 is 0 Å². The third kappa shape index (κ3) is 5.66. The average Bonchev–Trinajstić information content (AvgIpc) is 3.45. The number of nitrogens with zero attached hydrogens (tertiary/aromatic N) is 5. The molecule has 2 aromatic heterocycles. The zero-order valence-corrected chi connectivity index (χ0v) is 18.2. The molecule has 0 saturated carbocycles. The molecule has 1 aromatic carbocycles. The molecule has 3 aromatic rings. The van der Waals surface area contributed by atoms with E-state index in [2.05, 4.69) is 30.1 Å². The Morgan fingerprint density at radius 1 is 1.23 bits per heavy atom. The van der Waals surface area contributed by atoms with Gasteiger partial charge in [-0.15, -0.1) is 11.3 Å². The molecule has 1 aliphatic rings. The first-order valence-corrected chi connectivity index (χ1v) is 11.4. The van der Waals surface area contributed by atoms with Gasteiger partial charge in [0.1, 0.15) is 5.69 Å². The fourth-order valence-electron chi connectivity index (χ4n) is 3.62. The summed E-state index contributed by atoms with van der Waals surface area (Å²) in [4.78, 5) is 22.0. The molecular formula is C21H27N7O2S. The van der Waals surface area contributed by atoms with Gasteiger partial charge >= 0.3 is 0 Å². The predicted molar refractivity (Wildman–Crippen MR) is 121 cm³/mol. The number of hydrogen-bond acceptors (Lipinski definition) is 9. The Kier molecular flexibility index (Phi) is 7.23. The summed E-state index contributed by atoms with van der Waals surface area (Å²) in [5.74, 6) is 0.258. The van der Waals surface area contributed by atoms with Crippen LogP contribution < -0.4 is 16.0 Å². The summed E-state index contributed by atoms with van der Waals surface area (Å²) in [7, 11) is 0. The first-order valence-electron chi connectivity index (χ1n) is 10.5. The highest BCUT2D eigenvalue weighted by atomic mass is 32.1. The van der Waals surface area contributed by atoms with Gasteiger partial charge in [0.25, 0.3) is 0 Å². The Morgan fingerprint density at radius 2 is 2.03 bits per heavy atom. The Hall–Kier alpha value is -2.82. The summed E-state index contributed by atoms with van der Waals surface area (Å²) < 4.78 is 4.68. The van der Waals surface area contributed by atoms with Gasteiger partial charge < -0.3 is 16.0 Å². The van der Waals surface area contributed by atoms with Crippen molar-refractivity contribution in [3.63, 3.8) is 0 Å². The second-order valence-electron chi connectivity index (χ2n) is 7.49. The number of aryl methyl sites for hydroxylation is 1. The lowest BCUT2D eigenvalue weighted by atomic mass is 10.1. The maximum Gasteiger partial charge on any atom is 0.229 e. The quantitative estimate of drug-likeness (QED) is 0.519. The summed E-state index contributed by atoms with van der Waals surface area (Å²) in [6, 6.07) is 10.1. The molecule has 164 valence electrons. The second kappa shape index (κ2) is 10.5. The Balaban J connectivity index is 1.44. The van der Waals surface area contributed by atoms with Gasteiger partial charge in [0, 0.05) is 44.5 Å². The maximum absolute atomic E-state index is 13.2. The highest BCUT2D eigenvalue weighted by molar-refractivity contribution is 7.14. The van der Waals surface area contributed by atoms with E-state index in [0.29, 0.717) is 35.9 Å². The van der Waals surface area contributed by atoms with Crippen LogP contribution in [0.1, 0.15) is 18.4 Å². The van der Waals surface area contributed by atoms with Gasteiger partial charge in [-0.1, -0.05) is 30.3 Å². The minimum Gasteiger partial charge on any atom is -0.379 e. The zero-order valence-electron chi connectivity index (χ0n) is 17.4. The van der Waals surface area contributed by atoms with Gasteiger partial charge in [-0.05, 0) is 35.3 Å². The summed E-state index contributed by atoms with van der Waals surface area (Å²) in [5.41, 5.74) is 7.92. The number of aromatic nitrogens is 3. The lowest BCUT2D eigenvalue weighted by Crippen LogP contribution is -2.44. The fourth-order valence-corrected chi connectivity index (χ4v) is 4.47. The molecule has 3 heterocycles. The van der Waals surface area contributed by atoms with E-state index < -0.39 is 0 Å². The van der Waals surface area contributed by atoms with E-state index in [1.54, 1.807) is 4.90 Å². The van der Waals surface area contributed by atoms with Crippen LogP contribution in [0.15, 0.2) is 40.3 Å². The fraction of sp³-hybridized carbons (Fsp3) is 0.429. The second-order valence-corrected chi connectivity index (χ2v) is 8.33. The lowest BCUT2D eigenvalue weighted by Gasteiger charge is -2.28. The van der Waals surface area contributed by atoms with E-state index in [4.69, 9.17) is 5.73 Å².